The van der Waals surface area contributed by atoms with Gasteiger partial charge in [-0.15, -0.1) is 0 Å². The molecule has 0 aliphatic rings. The minimum absolute atomic E-state index is 0.0537. The van der Waals surface area contributed by atoms with E-state index < -0.39 is 5.91 Å². The van der Waals surface area contributed by atoms with E-state index in [1.165, 1.54) is 6.33 Å². The number of anilines is 2. The van der Waals surface area contributed by atoms with Crippen molar-refractivity contribution in [2.45, 2.75) is 0 Å². The lowest BCUT2D eigenvalue weighted by atomic mass is 10.1. The van der Waals surface area contributed by atoms with Crippen LogP contribution in [0.1, 0.15) is 10.4 Å². The van der Waals surface area contributed by atoms with E-state index >= 15 is 0 Å². The van der Waals surface area contributed by atoms with Gasteiger partial charge in [0.05, 0.1) is 11.1 Å². The molecule has 3 aromatic heterocycles. The zero-order valence-electron chi connectivity index (χ0n) is 15.4. The average Bonchev–Trinajstić information content (AvgIpc) is 3.15. The SMILES string of the molecule is CN(C)c1ccnc(-c2nc3c(C(=O)Nc4c(Cl)ncnc4Cl)cccc3[nH]2)c1. The first kappa shape index (κ1) is 19.1. The molecule has 10 heteroatoms. The van der Waals surface area contributed by atoms with Gasteiger partial charge in [0.15, 0.2) is 16.1 Å². The van der Waals surface area contributed by atoms with E-state index in [-0.39, 0.29) is 16.0 Å². The van der Waals surface area contributed by atoms with Crippen LogP contribution < -0.4 is 10.2 Å². The number of pyridine rings is 1. The van der Waals surface area contributed by atoms with Crippen LogP contribution >= 0.6 is 23.2 Å². The maximum atomic E-state index is 12.9. The van der Waals surface area contributed by atoms with Gasteiger partial charge in [-0.1, -0.05) is 29.3 Å². The van der Waals surface area contributed by atoms with Crippen LogP contribution in [0.15, 0.2) is 42.9 Å². The highest BCUT2D eigenvalue weighted by atomic mass is 35.5. The van der Waals surface area contributed by atoms with Crippen LogP contribution in [0.2, 0.25) is 10.3 Å². The first-order chi connectivity index (χ1) is 13.9. The molecule has 0 saturated heterocycles. The van der Waals surface area contributed by atoms with Gasteiger partial charge in [0.2, 0.25) is 0 Å². The molecule has 0 saturated carbocycles. The number of rotatable bonds is 4. The van der Waals surface area contributed by atoms with Crippen molar-refractivity contribution in [2.24, 2.45) is 0 Å². The lowest BCUT2D eigenvalue weighted by Gasteiger charge is -2.12. The molecule has 3 heterocycles. The largest absolute Gasteiger partial charge is 0.378 e. The fourth-order valence-electron chi connectivity index (χ4n) is 2.79. The Morgan fingerprint density at radius 1 is 1.10 bits per heavy atom. The highest BCUT2D eigenvalue weighted by molar-refractivity contribution is 6.38. The summed E-state index contributed by atoms with van der Waals surface area (Å²) >= 11 is 12.0. The molecule has 0 bridgehead atoms. The smallest absolute Gasteiger partial charge is 0.258 e. The van der Waals surface area contributed by atoms with Crippen molar-refractivity contribution in [2.75, 3.05) is 24.3 Å². The number of benzene rings is 1. The van der Waals surface area contributed by atoms with E-state index in [4.69, 9.17) is 23.2 Å². The van der Waals surface area contributed by atoms with E-state index in [0.717, 1.165) is 5.69 Å². The van der Waals surface area contributed by atoms with Gasteiger partial charge in [0, 0.05) is 26.0 Å². The molecule has 4 rings (SSSR count). The van der Waals surface area contributed by atoms with Gasteiger partial charge >= 0.3 is 0 Å². The summed E-state index contributed by atoms with van der Waals surface area (Å²) in [5.41, 5.74) is 3.36. The van der Waals surface area contributed by atoms with Crippen molar-refractivity contribution in [3.63, 3.8) is 0 Å². The minimum Gasteiger partial charge on any atom is -0.378 e. The third kappa shape index (κ3) is 3.72. The van der Waals surface area contributed by atoms with Crippen molar-refractivity contribution in [1.29, 1.82) is 0 Å². The Kier molecular flexibility index (Phi) is 5.04. The summed E-state index contributed by atoms with van der Waals surface area (Å²) in [6, 6.07) is 9.08. The number of nitrogens with one attached hydrogen (secondary N) is 2. The number of carbonyl (C=O) groups excluding carboxylic acids is 1. The quantitative estimate of drug-likeness (QED) is 0.476. The van der Waals surface area contributed by atoms with E-state index in [0.29, 0.717) is 28.1 Å². The number of para-hydroxylation sites is 1. The number of halogens is 2. The van der Waals surface area contributed by atoms with E-state index in [1.807, 2.05) is 37.2 Å². The number of fused-ring (bicyclic) bond motifs is 1. The van der Waals surface area contributed by atoms with E-state index in [2.05, 4.69) is 30.2 Å². The highest BCUT2D eigenvalue weighted by Crippen LogP contribution is 2.28. The second-order valence-electron chi connectivity index (χ2n) is 6.37. The number of nitrogens with zero attached hydrogens (tertiary/aromatic N) is 5. The molecule has 0 radical (unpaired) electrons. The van der Waals surface area contributed by atoms with Crippen molar-refractivity contribution < 1.29 is 4.79 Å². The summed E-state index contributed by atoms with van der Waals surface area (Å²) < 4.78 is 0. The molecule has 2 N–H and O–H groups in total. The van der Waals surface area contributed by atoms with Crippen LogP contribution in [0.5, 0.6) is 0 Å². The van der Waals surface area contributed by atoms with Gasteiger partial charge in [0.25, 0.3) is 5.91 Å². The van der Waals surface area contributed by atoms with Crippen molar-refractivity contribution in [3.8, 4) is 11.5 Å². The second-order valence-corrected chi connectivity index (χ2v) is 7.08. The summed E-state index contributed by atoms with van der Waals surface area (Å²) in [4.78, 5) is 34.7. The Bertz CT molecular complexity index is 1200. The molecule has 29 heavy (non-hydrogen) atoms. The lowest BCUT2D eigenvalue weighted by molar-refractivity contribution is 0.102. The average molecular weight is 428 g/mol. The predicted octanol–water partition coefficient (Wildman–Crippen LogP) is 4.04. The Hall–Kier alpha value is -3.23. The summed E-state index contributed by atoms with van der Waals surface area (Å²) in [6.45, 7) is 0. The molecule has 8 nitrogen and oxygen atoms in total. The Morgan fingerprint density at radius 3 is 2.59 bits per heavy atom. The maximum absolute atomic E-state index is 12.9. The third-order valence-corrected chi connectivity index (χ3v) is 4.83. The van der Waals surface area contributed by atoms with E-state index in [1.54, 1.807) is 18.3 Å². The van der Waals surface area contributed by atoms with Crippen molar-refractivity contribution in [1.82, 2.24) is 24.9 Å². The number of carbonyl (C=O) groups is 1. The lowest BCUT2D eigenvalue weighted by Crippen LogP contribution is -2.14. The van der Waals surface area contributed by atoms with Crippen LogP contribution in [-0.4, -0.2) is 44.9 Å². The molecule has 4 aromatic rings. The first-order valence-electron chi connectivity index (χ1n) is 8.54. The van der Waals surface area contributed by atoms with Crippen molar-refractivity contribution >= 4 is 51.5 Å². The number of hydrogen-bond donors (Lipinski definition) is 2. The number of imidazole rings is 1. The summed E-state index contributed by atoms with van der Waals surface area (Å²) in [5, 5.41) is 2.76. The molecule has 1 aromatic carbocycles. The number of H-pyrrole nitrogens is 1. The molecular weight excluding hydrogens is 413 g/mol. The molecule has 0 aliphatic heterocycles. The van der Waals surface area contributed by atoms with Crippen LogP contribution in [-0.2, 0) is 0 Å². The van der Waals surface area contributed by atoms with Crippen LogP contribution in [0.25, 0.3) is 22.6 Å². The monoisotopic (exact) mass is 427 g/mol. The van der Waals surface area contributed by atoms with E-state index in [9.17, 15) is 4.79 Å². The molecule has 0 atom stereocenters. The molecule has 0 fully saturated rings. The molecule has 0 spiro atoms. The highest BCUT2D eigenvalue weighted by Gasteiger charge is 2.18. The zero-order valence-corrected chi connectivity index (χ0v) is 17.0. The fraction of sp³-hybridized carbons (Fsp3) is 0.105. The summed E-state index contributed by atoms with van der Waals surface area (Å²) in [5.74, 6) is 0.130. The zero-order chi connectivity index (χ0) is 20.5. The van der Waals surface area contributed by atoms with Gasteiger partial charge in [-0.25, -0.2) is 15.0 Å². The van der Waals surface area contributed by atoms with Gasteiger partial charge in [-0.05, 0) is 24.3 Å². The van der Waals surface area contributed by atoms with Crippen LogP contribution in [0.3, 0.4) is 0 Å². The summed E-state index contributed by atoms with van der Waals surface area (Å²) in [7, 11) is 3.90. The van der Waals surface area contributed by atoms with Crippen LogP contribution in [0.4, 0.5) is 11.4 Å². The molecule has 0 unspecified atom stereocenters. The topological polar surface area (TPSA) is 99.7 Å². The van der Waals surface area contributed by atoms with Gasteiger partial charge in [-0.3, -0.25) is 9.78 Å². The normalized spacial score (nSPS) is 10.9. The van der Waals surface area contributed by atoms with Gasteiger partial charge in [0.1, 0.15) is 23.2 Å². The number of hydrogen-bond acceptors (Lipinski definition) is 6. The Labute approximate surface area is 175 Å². The number of aromatic amines is 1. The van der Waals surface area contributed by atoms with Gasteiger partial charge in [-0.2, -0.15) is 0 Å². The van der Waals surface area contributed by atoms with Gasteiger partial charge < -0.3 is 15.2 Å². The summed E-state index contributed by atoms with van der Waals surface area (Å²) in [6.07, 6.45) is 2.93. The minimum atomic E-state index is -0.428. The fourth-order valence-corrected chi connectivity index (χ4v) is 3.20. The third-order valence-electron chi connectivity index (χ3n) is 4.25. The van der Waals surface area contributed by atoms with Crippen LogP contribution in [0, 0.1) is 0 Å². The molecule has 0 aliphatic carbocycles. The molecular formula is C19H15Cl2N7O. The number of amides is 1. The number of aromatic nitrogens is 5. The van der Waals surface area contributed by atoms with Crippen molar-refractivity contribution in [3.05, 3.63) is 58.7 Å². The maximum Gasteiger partial charge on any atom is 0.258 e. The predicted molar refractivity (Wildman–Crippen MR) is 114 cm³/mol. The molecule has 146 valence electrons. The Balaban J connectivity index is 1.73. The standard InChI is InChI=1S/C19H15Cl2N7O/c1-28(2)10-6-7-22-13(8-10)18-25-12-5-3-4-11(14(12)26-18)19(29)27-15-16(20)23-9-24-17(15)21/h3-9H,1-2H3,(H,25,26)(H,27,29). The first-order valence-corrected chi connectivity index (χ1v) is 9.29. The Morgan fingerprint density at radius 2 is 1.86 bits per heavy atom. The molecule has 1 amide bonds. The second kappa shape index (κ2) is 7.65.